The van der Waals surface area contributed by atoms with Gasteiger partial charge in [-0.1, -0.05) is 0 Å². The highest BCUT2D eigenvalue weighted by atomic mass is 32.2. The third-order valence-corrected chi connectivity index (χ3v) is 5.05. The fourth-order valence-corrected chi connectivity index (χ4v) is 3.17. The molecular weight excluding hydrogens is 415 g/mol. The molecule has 0 saturated carbocycles. The van der Waals surface area contributed by atoms with E-state index < -0.39 is 38.3 Å². The summed E-state index contributed by atoms with van der Waals surface area (Å²) in [6, 6.07) is 6.11. The van der Waals surface area contributed by atoms with Gasteiger partial charge in [0.1, 0.15) is 17.3 Å². The average molecular weight is 431 g/mol. The number of alkyl halides is 3. The molecule has 12 heteroatoms. The maximum atomic E-state index is 12.5. The number of carbonyl (C=O) groups excluding carboxylic acids is 1. The van der Waals surface area contributed by atoms with Crippen LogP contribution in [0.2, 0.25) is 0 Å². The van der Waals surface area contributed by atoms with Crippen LogP contribution >= 0.6 is 0 Å². The molecule has 1 aromatic carbocycles. The maximum Gasteiger partial charge on any atom is 0.417 e. The molecule has 0 aliphatic carbocycles. The summed E-state index contributed by atoms with van der Waals surface area (Å²) in [5.74, 6) is -1.09. The molecule has 29 heavy (non-hydrogen) atoms. The van der Waals surface area contributed by atoms with Gasteiger partial charge in [0, 0.05) is 11.8 Å². The van der Waals surface area contributed by atoms with Crippen LogP contribution in [0.4, 0.5) is 13.2 Å². The van der Waals surface area contributed by atoms with Crippen molar-refractivity contribution in [1.29, 1.82) is 0 Å². The van der Waals surface area contributed by atoms with Gasteiger partial charge in [0.05, 0.1) is 26.0 Å². The summed E-state index contributed by atoms with van der Waals surface area (Å²) in [5.41, 5.74) is 1.39. The second-order valence-electron chi connectivity index (χ2n) is 5.54. The highest BCUT2D eigenvalue weighted by Crippen LogP contribution is 2.28. The summed E-state index contributed by atoms with van der Waals surface area (Å²) in [6.45, 7) is 0. The van der Waals surface area contributed by atoms with Crippen molar-refractivity contribution in [3.63, 3.8) is 0 Å². The molecule has 156 valence electrons. The van der Waals surface area contributed by atoms with Crippen LogP contribution in [0.1, 0.15) is 11.1 Å². The van der Waals surface area contributed by atoms with Crippen LogP contribution < -0.4 is 14.9 Å². The minimum absolute atomic E-state index is 0.387. The molecule has 0 atom stereocenters. The second kappa shape index (κ2) is 8.90. The first-order valence-corrected chi connectivity index (χ1v) is 9.52. The second-order valence-corrected chi connectivity index (χ2v) is 7.48. The van der Waals surface area contributed by atoms with Crippen molar-refractivity contribution in [3.05, 3.63) is 47.7 Å². The quantitative estimate of drug-likeness (QED) is 0.531. The lowest BCUT2D eigenvalue weighted by molar-refractivity contribution is -0.137. The SMILES string of the molecule is COc1ccc(OC)c(/C=N/NC(=O)CS(=O)(=O)c2ccc(C(F)(F)F)cn2)c1. The third-order valence-electron chi connectivity index (χ3n) is 3.53. The number of hydrogen-bond donors (Lipinski definition) is 1. The number of hydrogen-bond acceptors (Lipinski definition) is 7. The van der Waals surface area contributed by atoms with Crippen molar-refractivity contribution < 1.29 is 35.9 Å². The number of aromatic nitrogens is 1. The predicted octanol–water partition coefficient (Wildman–Crippen LogP) is 2.04. The van der Waals surface area contributed by atoms with Crippen LogP contribution in [-0.2, 0) is 20.8 Å². The van der Waals surface area contributed by atoms with Gasteiger partial charge in [-0.25, -0.2) is 18.8 Å². The standard InChI is InChI=1S/C17H16F3N3O5S/c1-27-13-4-5-14(28-2)11(7-13)8-22-23-15(24)10-29(25,26)16-6-3-12(9-21-16)17(18,19)20/h3-9H,10H2,1-2H3,(H,23,24)/b22-8+. The Hall–Kier alpha value is -3.15. The summed E-state index contributed by atoms with van der Waals surface area (Å²) in [5, 5.41) is 3.00. The number of rotatable bonds is 7. The van der Waals surface area contributed by atoms with E-state index in [0.717, 1.165) is 0 Å². The lowest BCUT2D eigenvalue weighted by Crippen LogP contribution is -2.27. The van der Waals surface area contributed by atoms with Gasteiger partial charge in [0.25, 0.3) is 5.91 Å². The Morgan fingerprint density at radius 3 is 2.48 bits per heavy atom. The number of hydrazone groups is 1. The van der Waals surface area contributed by atoms with Gasteiger partial charge in [-0.2, -0.15) is 18.3 Å². The van der Waals surface area contributed by atoms with E-state index >= 15 is 0 Å². The number of nitrogens with one attached hydrogen (secondary N) is 1. The molecule has 2 aromatic rings. The van der Waals surface area contributed by atoms with Crippen LogP contribution in [0.15, 0.2) is 46.7 Å². The zero-order chi connectivity index (χ0) is 21.7. The van der Waals surface area contributed by atoms with Crippen LogP contribution in [-0.4, -0.2) is 45.5 Å². The zero-order valence-corrected chi connectivity index (χ0v) is 16.0. The lowest BCUT2D eigenvalue weighted by atomic mass is 10.2. The van der Waals surface area contributed by atoms with E-state index in [9.17, 15) is 26.4 Å². The highest BCUT2D eigenvalue weighted by Gasteiger charge is 2.31. The van der Waals surface area contributed by atoms with Crippen LogP contribution in [0.3, 0.4) is 0 Å². The first-order valence-electron chi connectivity index (χ1n) is 7.87. The fraction of sp³-hybridized carbons (Fsp3) is 0.235. The van der Waals surface area contributed by atoms with Gasteiger partial charge >= 0.3 is 6.18 Å². The first-order chi connectivity index (χ1) is 13.6. The van der Waals surface area contributed by atoms with E-state index in [1.165, 1.54) is 20.4 Å². The average Bonchev–Trinajstić information content (AvgIpc) is 2.67. The number of methoxy groups -OCH3 is 2. The molecule has 0 unspecified atom stereocenters. The van der Waals surface area contributed by atoms with E-state index in [-0.39, 0.29) is 0 Å². The Morgan fingerprint density at radius 2 is 1.93 bits per heavy atom. The molecule has 1 amide bonds. The van der Waals surface area contributed by atoms with Crippen molar-refractivity contribution in [2.24, 2.45) is 5.10 Å². The lowest BCUT2D eigenvalue weighted by Gasteiger charge is -2.08. The van der Waals surface area contributed by atoms with Crippen molar-refractivity contribution >= 4 is 22.0 Å². The number of nitrogens with zero attached hydrogens (tertiary/aromatic N) is 2. The van der Waals surface area contributed by atoms with E-state index in [1.54, 1.807) is 18.2 Å². The van der Waals surface area contributed by atoms with Crippen molar-refractivity contribution in [2.75, 3.05) is 20.0 Å². The molecule has 1 aromatic heterocycles. The number of pyridine rings is 1. The minimum atomic E-state index is -4.65. The summed E-state index contributed by atoms with van der Waals surface area (Å²) >= 11 is 0. The van der Waals surface area contributed by atoms with E-state index in [4.69, 9.17) is 9.47 Å². The van der Waals surface area contributed by atoms with Crippen molar-refractivity contribution in [1.82, 2.24) is 10.4 Å². The molecule has 1 N–H and O–H groups in total. The number of halogens is 3. The third kappa shape index (κ3) is 5.91. The topological polar surface area (TPSA) is 107 Å². The van der Waals surface area contributed by atoms with Crippen molar-refractivity contribution in [3.8, 4) is 11.5 Å². The minimum Gasteiger partial charge on any atom is -0.497 e. The highest BCUT2D eigenvalue weighted by molar-refractivity contribution is 7.92. The molecule has 0 bridgehead atoms. The van der Waals surface area contributed by atoms with Crippen LogP contribution in [0, 0.1) is 0 Å². The Balaban J connectivity index is 2.06. The maximum absolute atomic E-state index is 12.5. The monoisotopic (exact) mass is 431 g/mol. The van der Waals surface area contributed by atoms with Gasteiger partial charge in [0.15, 0.2) is 5.03 Å². The van der Waals surface area contributed by atoms with Crippen LogP contribution in [0.5, 0.6) is 11.5 Å². The normalized spacial score (nSPS) is 12.0. The Kier molecular flexibility index (Phi) is 6.80. The molecular formula is C17H16F3N3O5S. The molecule has 0 aliphatic rings. The Morgan fingerprint density at radius 1 is 1.21 bits per heavy atom. The Labute approximate surface area is 164 Å². The molecule has 0 radical (unpaired) electrons. The molecule has 0 fully saturated rings. The Bertz CT molecular complexity index is 1010. The van der Waals surface area contributed by atoms with Gasteiger partial charge in [-0.15, -0.1) is 0 Å². The number of benzene rings is 1. The largest absolute Gasteiger partial charge is 0.497 e. The van der Waals surface area contributed by atoms with Crippen molar-refractivity contribution in [2.45, 2.75) is 11.2 Å². The number of amides is 1. The number of sulfone groups is 1. The molecule has 2 rings (SSSR count). The first kappa shape index (κ1) is 22.1. The number of ether oxygens (including phenoxy) is 2. The van der Waals surface area contributed by atoms with E-state index in [1.807, 2.05) is 5.43 Å². The summed E-state index contributed by atoms with van der Waals surface area (Å²) in [7, 11) is -1.35. The van der Waals surface area contributed by atoms with Gasteiger partial charge in [0.2, 0.25) is 9.84 Å². The predicted molar refractivity (Wildman–Crippen MR) is 96.6 cm³/mol. The number of carbonyl (C=O) groups is 1. The molecule has 0 spiro atoms. The van der Waals surface area contributed by atoms with Gasteiger partial charge in [-0.05, 0) is 30.3 Å². The smallest absolute Gasteiger partial charge is 0.417 e. The van der Waals surface area contributed by atoms with Crippen LogP contribution in [0.25, 0.3) is 0 Å². The van der Waals surface area contributed by atoms with E-state index in [2.05, 4.69) is 10.1 Å². The summed E-state index contributed by atoms with van der Waals surface area (Å²) < 4.78 is 72.0. The molecule has 0 saturated heterocycles. The molecule has 1 heterocycles. The molecule has 0 aliphatic heterocycles. The summed E-state index contributed by atoms with van der Waals surface area (Å²) in [6.07, 6.45) is -3.04. The summed E-state index contributed by atoms with van der Waals surface area (Å²) in [4.78, 5) is 15.1. The zero-order valence-electron chi connectivity index (χ0n) is 15.2. The van der Waals surface area contributed by atoms with Gasteiger partial charge in [-0.3, -0.25) is 4.79 Å². The van der Waals surface area contributed by atoms with Gasteiger partial charge < -0.3 is 9.47 Å². The van der Waals surface area contributed by atoms with E-state index in [0.29, 0.717) is 35.4 Å². The molecule has 8 nitrogen and oxygen atoms in total. The fourth-order valence-electron chi connectivity index (χ4n) is 2.12.